The van der Waals surface area contributed by atoms with Gasteiger partial charge in [0.25, 0.3) is 0 Å². The normalized spacial score (nSPS) is 16.1. The molecule has 4 aromatic rings. The molecule has 4 aromatic carbocycles. The molecule has 0 aliphatic heterocycles. The van der Waals surface area contributed by atoms with Crippen molar-refractivity contribution in [3.8, 4) is 22.6 Å². The molecule has 38 heavy (non-hydrogen) atoms. The van der Waals surface area contributed by atoms with Crippen LogP contribution in [-0.2, 0) is 5.41 Å². The monoisotopic (exact) mass is 522 g/mol. The second-order valence-electron chi connectivity index (χ2n) is 11.0. The van der Waals surface area contributed by atoms with E-state index in [0.29, 0.717) is 0 Å². The Morgan fingerprint density at radius 2 is 1.61 bits per heavy atom. The molecule has 1 fully saturated rings. The van der Waals surface area contributed by atoms with Gasteiger partial charge in [-0.2, -0.15) is 0 Å². The van der Waals surface area contributed by atoms with Crippen molar-refractivity contribution >= 4 is 22.5 Å². The van der Waals surface area contributed by atoms with Crippen molar-refractivity contribution in [1.29, 1.82) is 0 Å². The van der Waals surface area contributed by atoms with E-state index in [2.05, 4.69) is 80.6 Å². The molecule has 2 nitrogen and oxygen atoms in total. The lowest BCUT2D eigenvalue weighted by Crippen LogP contribution is -2.26. The number of fused-ring (bicyclic) bond motifs is 7. The zero-order valence-electron chi connectivity index (χ0n) is 22.9. The number of methoxy groups -OCH3 is 1. The molecule has 3 heteroatoms. The Morgan fingerprint density at radius 3 is 2.37 bits per heavy atom. The number of aryl methyl sites for hydroxylation is 1. The van der Waals surface area contributed by atoms with E-state index in [1.54, 1.807) is 30.0 Å². The van der Waals surface area contributed by atoms with Gasteiger partial charge in [-0.25, -0.2) is 0 Å². The van der Waals surface area contributed by atoms with Gasteiger partial charge < -0.3 is 9.47 Å². The SMILES string of the molecule is CCCOc1cc2ccc3c(c2cc1Sc1ccc(OC)cc1C)-c1ccccc1C31CCCCCCC1. The Balaban J connectivity index is 1.54. The Kier molecular flexibility index (Phi) is 7.14. The molecule has 0 N–H and O–H groups in total. The molecule has 0 heterocycles. The average Bonchev–Trinajstić information content (AvgIpc) is 3.21. The van der Waals surface area contributed by atoms with Crippen LogP contribution in [0.5, 0.6) is 11.5 Å². The number of benzene rings is 4. The molecule has 0 saturated heterocycles. The molecule has 6 rings (SSSR count). The molecule has 2 aliphatic carbocycles. The van der Waals surface area contributed by atoms with Gasteiger partial charge in [0.1, 0.15) is 11.5 Å². The molecule has 2 aliphatic rings. The van der Waals surface area contributed by atoms with Gasteiger partial charge >= 0.3 is 0 Å². The molecule has 0 unspecified atom stereocenters. The minimum atomic E-state index is 0.151. The lowest BCUT2D eigenvalue weighted by molar-refractivity contribution is 0.311. The molecular weight excluding hydrogens is 484 g/mol. The summed E-state index contributed by atoms with van der Waals surface area (Å²) in [5, 5.41) is 2.62. The minimum Gasteiger partial charge on any atom is -0.497 e. The highest BCUT2D eigenvalue weighted by Gasteiger charge is 2.43. The topological polar surface area (TPSA) is 18.5 Å². The summed E-state index contributed by atoms with van der Waals surface area (Å²) in [5.41, 5.74) is 7.36. The largest absolute Gasteiger partial charge is 0.497 e. The summed E-state index contributed by atoms with van der Waals surface area (Å²) in [6, 6.07) is 25.1. The molecule has 0 aromatic heterocycles. The molecule has 196 valence electrons. The summed E-state index contributed by atoms with van der Waals surface area (Å²) in [6.07, 6.45) is 10.2. The van der Waals surface area contributed by atoms with Crippen LogP contribution in [0.25, 0.3) is 21.9 Å². The summed E-state index contributed by atoms with van der Waals surface area (Å²) in [4.78, 5) is 2.42. The second-order valence-corrected chi connectivity index (χ2v) is 12.1. The molecule has 0 atom stereocenters. The Hall–Kier alpha value is -2.91. The smallest absolute Gasteiger partial charge is 0.133 e. The van der Waals surface area contributed by atoms with Crippen molar-refractivity contribution < 1.29 is 9.47 Å². The maximum absolute atomic E-state index is 6.33. The summed E-state index contributed by atoms with van der Waals surface area (Å²) < 4.78 is 11.8. The van der Waals surface area contributed by atoms with Crippen LogP contribution in [0.4, 0.5) is 0 Å². The van der Waals surface area contributed by atoms with Crippen LogP contribution in [0.3, 0.4) is 0 Å². The number of ether oxygens (including phenoxy) is 2. The van der Waals surface area contributed by atoms with Gasteiger partial charge in [0.2, 0.25) is 0 Å². The molecule has 1 saturated carbocycles. The van der Waals surface area contributed by atoms with E-state index in [4.69, 9.17) is 9.47 Å². The second kappa shape index (κ2) is 10.7. The molecule has 0 bridgehead atoms. The van der Waals surface area contributed by atoms with E-state index in [0.717, 1.165) is 24.5 Å². The van der Waals surface area contributed by atoms with Crippen LogP contribution in [0.15, 0.2) is 76.5 Å². The van der Waals surface area contributed by atoms with E-state index in [1.807, 2.05) is 0 Å². The van der Waals surface area contributed by atoms with Gasteiger partial charge in [-0.05, 0) is 95.1 Å². The summed E-state index contributed by atoms with van der Waals surface area (Å²) in [7, 11) is 1.73. The fourth-order valence-electron chi connectivity index (χ4n) is 6.72. The lowest BCUT2D eigenvalue weighted by atomic mass is 9.69. The van der Waals surface area contributed by atoms with Crippen LogP contribution in [0, 0.1) is 6.92 Å². The maximum atomic E-state index is 6.33. The number of hydrogen-bond donors (Lipinski definition) is 0. The van der Waals surface area contributed by atoms with Crippen LogP contribution in [-0.4, -0.2) is 13.7 Å². The standard InChI is InChI=1S/C35H38O2S/c1-4-20-37-31-22-25-14-16-30-34(28(25)23-33(31)38-32-17-15-26(36-3)21-24(32)2)27-12-8-9-13-29(27)35(30)18-10-6-5-7-11-19-35/h8-9,12-17,21-23H,4-7,10-11,18-20H2,1-3H3. The first-order valence-electron chi connectivity index (χ1n) is 14.3. The van der Waals surface area contributed by atoms with Crippen molar-refractivity contribution in [1.82, 2.24) is 0 Å². The average molecular weight is 523 g/mol. The van der Waals surface area contributed by atoms with Crippen molar-refractivity contribution in [3.05, 3.63) is 83.4 Å². The molecule has 0 amide bonds. The number of hydrogen-bond acceptors (Lipinski definition) is 3. The van der Waals surface area contributed by atoms with Crippen LogP contribution < -0.4 is 9.47 Å². The lowest BCUT2D eigenvalue weighted by Gasteiger charge is -2.34. The predicted octanol–water partition coefficient (Wildman–Crippen LogP) is 10.1. The first-order chi connectivity index (χ1) is 18.6. The van der Waals surface area contributed by atoms with Crippen LogP contribution in [0.1, 0.15) is 75.0 Å². The quantitative estimate of drug-likeness (QED) is 0.251. The first-order valence-corrected chi connectivity index (χ1v) is 15.1. The first kappa shape index (κ1) is 25.4. The van der Waals surface area contributed by atoms with Crippen molar-refractivity contribution in [2.75, 3.05) is 13.7 Å². The van der Waals surface area contributed by atoms with Crippen molar-refractivity contribution in [2.45, 2.75) is 80.4 Å². The zero-order valence-corrected chi connectivity index (χ0v) is 23.8. The Bertz CT molecular complexity index is 1460. The fraction of sp³-hybridized carbons (Fsp3) is 0.371. The van der Waals surface area contributed by atoms with Crippen LogP contribution in [0.2, 0.25) is 0 Å². The van der Waals surface area contributed by atoms with E-state index in [1.165, 1.54) is 82.2 Å². The number of rotatable bonds is 6. The summed E-state index contributed by atoms with van der Waals surface area (Å²) in [5.74, 6) is 1.87. The highest BCUT2D eigenvalue weighted by atomic mass is 32.2. The third-order valence-corrected chi connectivity index (χ3v) is 9.80. The molecule has 0 radical (unpaired) electrons. The van der Waals surface area contributed by atoms with Crippen molar-refractivity contribution in [3.63, 3.8) is 0 Å². The minimum absolute atomic E-state index is 0.151. The Labute approximate surface area is 231 Å². The molecular formula is C35H38O2S. The fourth-order valence-corrected chi connectivity index (χ4v) is 7.71. The van der Waals surface area contributed by atoms with E-state index >= 15 is 0 Å². The molecule has 1 spiro atoms. The van der Waals surface area contributed by atoms with E-state index < -0.39 is 0 Å². The van der Waals surface area contributed by atoms with Crippen molar-refractivity contribution in [2.24, 2.45) is 0 Å². The maximum Gasteiger partial charge on any atom is 0.133 e. The zero-order chi connectivity index (χ0) is 26.1. The van der Waals surface area contributed by atoms with Crippen LogP contribution >= 0.6 is 11.8 Å². The summed E-state index contributed by atoms with van der Waals surface area (Å²) in [6.45, 7) is 5.04. The van der Waals surface area contributed by atoms with Gasteiger partial charge in [-0.1, -0.05) is 87.2 Å². The highest BCUT2D eigenvalue weighted by molar-refractivity contribution is 7.99. The summed E-state index contributed by atoms with van der Waals surface area (Å²) >= 11 is 1.80. The van der Waals surface area contributed by atoms with Gasteiger partial charge in [-0.15, -0.1) is 0 Å². The van der Waals surface area contributed by atoms with Gasteiger partial charge in [0.15, 0.2) is 0 Å². The highest BCUT2D eigenvalue weighted by Crippen LogP contribution is 2.57. The van der Waals surface area contributed by atoms with Gasteiger partial charge in [0.05, 0.1) is 18.6 Å². The van der Waals surface area contributed by atoms with E-state index in [-0.39, 0.29) is 5.41 Å². The van der Waals surface area contributed by atoms with Gasteiger partial charge in [-0.3, -0.25) is 0 Å². The third-order valence-electron chi connectivity index (χ3n) is 8.58. The van der Waals surface area contributed by atoms with E-state index in [9.17, 15) is 0 Å². The Morgan fingerprint density at radius 1 is 0.816 bits per heavy atom. The predicted molar refractivity (Wildman–Crippen MR) is 160 cm³/mol. The van der Waals surface area contributed by atoms with Gasteiger partial charge in [0, 0.05) is 10.3 Å². The third kappa shape index (κ3) is 4.39.